The van der Waals surface area contributed by atoms with E-state index in [1.165, 1.54) is 24.3 Å². The number of sulfone groups is 1. The zero-order valence-electron chi connectivity index (χ0n) is 12.8. The van der Waals surface area contributed by atoms with Crippen molar-refractivity contribution in [1.82, 2.24) is 5.32 Å². The highest BCUT2D eigenvalue weighted by Gasteiger charge is 2.52. The largest absolute Gasteiger partial charge is 0.355 e. The minimum atomic E-state index is -3.76. The fourth-order valence-corrected chi connectivity index (χ4v) is 5.08. The summed E-state index contributed by atoms with van der Waals surface area (Å²) < 4.78 is 24.7. The van der Waals surface area contributed by atoms with E-state index in [0.29, 0.717) is 37.4 Å². The zero-order chi connectivity index (χ0) is 16.2. The second-order valence-corrected chi connectivity index (χ2v) is 8.25. The van der Waals surface area contributed by atoms with Crippen LogP contribution in [0.4, 0.5) is 0 Å². The molecule has 130 valence electrons. The lowest BCUT2D eigenvalue weighted by molar-refractivity contribution is -0.123. The van der Waals surface area contributed by atoms with Crippen LogP contribution in [-0.2, 0) is 14.6 Å². The number of carbonyl (C=O) groups is 1. The van der Waals surface area contributed by atoms with E-state index in [1.54, 1.807) is 0 Å². The summed E-state index contributed by atoms with van der Waals surface area (Å²) in [4.78, 5) is 12.7. The van der Waals surface area contributed by atoms with E-state index in [0.717, 1.165) is 12.8 Å². The number of hydrogen-bond acceptors (Lipinski definition) is 4. The Kier molecular flexibility index (Phi) is 7.32. The van der Waals surface area contributed by atoms with Gasteiger partial charge in [-0.15, -0.1) is 12.4 Å². The zero-order valence-corrected chi connectivity index (χ0v) is 15.1. The third-order valence-electron chi connectivity index (χ3n) is 4.13. The van der Waals surface area contributed by atoms with E-state index in [4.69, 9.17) is 17.3 Å². The van der Waals surface area contributed by atoms with Crippen LogP contribution in [0.15, 0.2) is 29.2 Å². The molecule has 0 bridgehead atoms. The molecule has 1 saturated carbocycles. The van der Waals surface area contributed by atoms with Crippen molar-refractivity contribution >= 4 is 39.8 Å². The van der Waals surface area contributed by atoms with Crippen LogP contribution in [0.25, 0.3) is 0 Å². The van der Waals surface area contributed by atoms with Crippen LogP contribution in [0, 0.1) is 0 Å². The van der Waals surface area contributed by atoms with Crippen molar-refractivity contribution in [3.63, 3.8) is 0 Å². The molecular formula is C15H22Cl2N2O3S. The molecule has 0 spiro atoms. The van der Waals surface area contributed by atoms with Crippen molar-refractivity contribution in [2.75, 3.05) is 13.1 Å². The maximum absolute atomic E-state index is 13.0. The molecule has 0 saturated heterocycles. The van der Waals surface area contributed by atoms with Crippen LogP contribution >= 0.6 is 24.0 Å². The van der Waals surface area contributed by atoms with Gasteiger partial charge in [0.2, 0.25) is 5.91 Å². The number of nitrogens with two attached hydrogens (primary N) is 1. The highest BCUT2D eigenvalue weighted by Crippen LogP contribution is 2.40. The van der Waals surface area contributed by atoms with Gasteiger partial charge in [-0.25, -0.2) is 8.42 Å². The number of amides is 1. The second-order valence-electron chi connectivity index (χ2n) is 5.56. The molecular weight excluding hydrogens is 359 g/mol. The molecule has 8 heteroatoms. The number of nitrogens with one attached hydrogen (secondary N) is 1. The van der Waals surface area contributed by atoms with E-state index in [1.807, 2.05) is 0 Å². The smallest absolute Gasteiger partial charge is 0.241 e. The van der Waals surface area contributed by atoms with Crippen LogP contribution < -0.4 is 11.1 Å². The summed E-state index contributed by atoms with van der Waals surface area (Å²) in [6.45, 7) is 0.852. The van der Waals surface area contributed by atoms with Crippen molar-refractivity contribution in [1.29, 1.82) is 0 Å². The Morgan fingerprint density at radius 3 is 2.30 bits per heavy atom. The number of hydrogen-bond donors (Lipinski definition) is 2. The van der Waals surface area contributed by atoms with E-state index < -0.39 is 20.5 Å². The predicted molar refractivity (Wildman–Crippen MR) is 93.8 cm³/mol. The van der Waals surface area contributed by atoms with Gasteiger partial charge in [0.05, 0.1) is 4.90 Å². The molecule has 2 rings (SSSR count). The molecule has 5 nitrogen and oxygen atoms in total. The van der Waals surface area contributed by atoms with Crippen LogP contribution in [0.1, 0.15) is 32.1 Å². The van der Waals surface area contributed by atoms with Gasteiger partial charge in [-0.1, -0.05) is 24.4 Å². The Hall–Kier alpha value is -0.820. The minimum absolute atomic E-state index is 0. The van der Waals surface area contributed by atoms with Gasteiger partial charge in [0.15, 0.2) is 14.6 Å². The third kappa shape index (κ3) is 3.99. The van der Waals surface area contributed by atoms with Gasteiger partial charge in [0.1, 0.15) is 0 Å². The summed E-state index contributed by atoms with van der Waals surface area (Å²) in [5.74, 6) is -0.409. The summed E-state index contributed by atoms with van der Waals surface area (Å²) in [7, 11) is -3.76. The first-order chi connectivity index (χ1) is 10.4. The van der Waals surface area contributed by atoms with Crippen molar-refractivity contribution < 1.29 is 13.2 Å². The molecule has 23 heavy (non-hydrogen) atoms. The SMILES string of the molecule is Cl.NCCCNC(=O)C1(S(=O)(=O)c2ccc(Cl)cc2)CCCC1. The number of benzene rings is 1. The Labute approximate surface area is 148 Å². The monoisotopic (exact) mass is 380 g/mol. The van der Waals surface area contributed by atoms with Crippen LogP contribution in [-0.4, -0.2) is 32.2 Å². The molecule has 0 aliphatic heterocycles. The normalized spacial score (nSPS) is 16.6. The fourth-order valence-electron chi connectivity index (χ4n) is 2.87. The molecule has 1 fully saturated rings. The molecule has 1 amide bonds. The summed E-state index contributed by atoms with van der Waals surface area (Å²) >= 11 is 5.82. The van der Waals surface area contributed by atoms with E-state index in [9.17, 15) is 13.2 Å². The number of carbonyl (C=O) groups excluding carboxylic acids is 1. The minimum Gasteiger partial charge on any atom is -0.355 e. The molecule has 0 atom stereocenters. The van der Waals surface area contributed by atoms with Crippen LogP contribution in [0.5, 0.6) is 0 Å². The van der Waals surface area contributed by atoms with Crippen LogP contribution in [0.3, 0.4) is 0 Å². The van der Waals surface area contributed by atoms with E-state index in [-0.39, 0.29) is 17.3 Å². The van der Waals surface area contributed by atoms with Crippen molar-refractivity contribution in [3.05, 3.63) is 29.3 Å². The van der Waals surface area contributed by atoms with E-state index >= 15 is 0 Å². The van der Waals surface area contributed by atoms with Crippen molar-refractivity contribution in [2.24, 2.45) is 5.73 Å². The molecule has 1 aliphatic rings. The second kappa shape index (κ2) is 8.33. The molecule has 0 aromatic heterocycles. The van der Waals surface area contributed by atoms with Crippen LogP contribution in [0.2, 0.25) is 5.02 Å². The lowest BCUT2D eigenvalue weighted by Gasteiger charge is -2.27. The van der Waals surface area contributed by atoms with Gasteiger partial charge in [-0.05, 0) is 50.1 Å². The molecule has 1 aromatic rings. The molecule has 0 heterocycles. The fraction of sp³-hybridized carbons (Fsp3) is 0.533. The van der Waals surface area contributed by atoms with Gasteiger partial charge in [0.25, 0.3) is 0 Å². The Morgan fingerprint density at radius 1 is 1.22 bits per heavy atom. The van der Waals surface area contributed by atoms with Gasteiger partial charge in [-0.2, -0.15) is 0 Å². The van der Waals surface area contributed by atoms with Crippen molar-refractivity contribution in [2.45, 2.75) is 41.7 Å². The summed E-state index contributed by atoms with van der Waals surface area (Å²) in [5, 5.41) is 3.19. The maximum Gasteiger partial charge on any atom is 0.241 e. The Balaban J connectivity index is 0.00000264. The lowest BCUT2D eigenvalue weighted by atomic mass is 10.1. The maximum atomic E-state index is 13.0. The predicted octanol–water partition coefficient (Wildman–Crippen LogP) is 2.31. The third-order valence-corrected chi connectivity index (χ3v) is 6.90. The van der Waals surface area contributed by atoms with Gasteiger partial charge in [0, 0.05) is 11.6 Å². The average molecular weight is 381 g/mol. The van der Waals surface area contributed by atoms with Gasteiger partial charge >= 0.3 is 0 Å². The molecule has 1 aliphatic carbocycles. The molecule has 0 unspecified atom stereocenters. The lowest BCUT2D eigenvalue weighted by Crippen LogP contribution is -2.51. The summed E-state index contributed by atoms with van der Waals surface area (Å²) in [6.07, 6.45) is 2.80. The number of halogens is 2. The standard InChI is InChI=1S/C15H21ClN2O3S.ClH/c16-12-4-6-13(7-5-12)22(20,21)15(8-1-2-9-15)14(19)18-11-3-10-17;/h4-7H,1-3,8-11,17H2,(H,18,19);1H. The molecule has 0 radical (unpaired) electrons. The van der Waals surface area contributed by atoms with Gasteiger partial charge < -0.3 is 11.1 Å². The summed E-state index contributed by atoms with van der Waals surface area (Å²) in [5.41, 5.74) is 5.41. The Bertz CT molecular complexity index is 627. The van der Waals surface area contributed by atoms with Crippen molar-refractivity contribution in [3.8, 4) is 0 Å². The van der Waals surface area contributed by atoms with E-state index in [2.05, 4.69) is 5.32 Å². The summed E-state index contributed by atoms with van der Waals surface area (Å²) in [6, 6.07) is 5.99. The van der Waals surface area contributed by atoms with Gasteiger partial charge in [-0.3, -0.25) is 4.79 Å². The first-order valence-electron chi connectivity index (χ1n) is 7.42. The Morgan fingerprint density at radius 2 is 1.78 bits per heavy atom. The first-order valence-corrected chi connectivity index (χ1v) is 9.29. The quantitative estimate of drug-likeness (QED) is 0.740. The highest BCUT2D eigenvalue weighted by molar-refractivity contribution is 7.93. The highest BCUT2D eigenvalue weighted by atomic mass is 35.5. The first kappa shape index (κ1) is 20.2. The number of rotatable bonds is 6. The molecule has 1 aromatic carbocycles. The average Bonchev–Trinajstić information content (AvgIpc) is 2.99. The topological polar surface area (TPSA) is 89.3 Å². The molecule has 3 N–H and O–H groups in total.